The highest BCUT2D eigenvalue weighted by molar-refractivity contribution is 6.32. The summed E-state index contributed by atoms with van der Waals surface area (Å²) >= 11 is 6.33. The molecule has 0 radical (unpaired) electrons. The van der Waals surface area contributed by atoms with E-state index in [2.05, 4.69) is 34.5 Å². The second-order valence-corrected chi connectivity index (χ2v) is 11.4. The van der Waals surface area contributed by atoms with Crippen LogP contribution >= 0.6 is 11.6 Å². The Kier molecular flexibility index (Phi) is 9.11. The Morgan fingerprint density at radius 3 is 2.36 bits per heavy atom. The molecule has 0 aliphatic rings. The van der Waals surface area contributed by atoms with E-state index in [0.717, 1.165) is 66.4 Å². The van der Waals surface area contributed by atoms with Gasteiger partial charge in [0.1, 0.15) is 11.4 Å². The second-order valence-electron chi connectivity index (χ2n) is 11.1. The number of carbonyl (C=O) groups is 2. The predicted octanol–water partition coefficient (Wildman–Crippen LogP) is 7.18. The molecule has 0 saturated carbocycles. The van der Waals surface area contributed by atoms with Gasteiger partial charge in [-0.2, -0.15) is 5.10 Å². The SMILES string of the molecule is COC(=O)c1ccc(CNC(=O)c2[nH]c3c(-c4c(C)nn(C)c4C)cccc3c2CCCOc2cc(C)c(Cl)c(C)c2)cc1. The topological polar surface area (TPSA) is 98.2 Å². The molecule has 9 heteroatoms. The van der Waals surface area contributed by atoms with E-state index in [4.69, 9.17) is 21.1 Å². The molecular weight excluding hydrogens is 576 g/mol. The first kappa shape index (κ1) is 30.9. The Morgan fingerprint density at radius 1 is 1.02 bits per heavy atom. The number of nitrogens with one attached hydrogen (secondary N) is 2. The van der Waals surface area contributed by atoms with Crippen molar-refractivity contribution in [1.29, 1.82) is 0 Å². The fourth-order valence-electron chi connectivity index (χ4n) is 5.67. The Balaban J connectivity index is 1.43. The number of halogens is 1. The molecule has 0 unspecified atom stereocenters. The molecule has 2 heterocycles. The first-order valence-corrected chi connectivity index (χ1v) is 15.0. The number of aromatic nitrogens is 3. The minimum Gasteiger partial charge on any atom is -0.494 e. The number of carbonyl (C=O) groups excluding carboxylic acids is 2. The van der Waals surface area contributed by atoms with Crippen LogP contribution in [0.15, 0.2) is 54.6 Å². The van der Waals surface area contributed by atoms with Crippen molar-refractivity contribution in [2.24, 2.45) is 7.05 Å². The lowest BCUT2D eigenvalue weighted by atomic mass is 9.98. The Morgan fingerprint density at radius 2 is 1.73 bits per heavy atom. The molecule has 44 heavy (non-hydrogen) atoms. The van der Waals surface area contributed by atoms with Crippen molar-refractivity contribution in [3.05, 3.63) is 105 Å². The summed E-state index contributed by atoms with van der Waals surface area (Å²) < 4.78 is 12.7. The minimum absolute atomic E-state index is 0.205. The van der Waals surface area contributed by atoms with E-state index in [1.807, 2.05) is 62.8 Å². The summed E-state index contributed by atoms with van der Waals surface area (Å²) in [5, 5.41) is 9.42. The third-order valence-electron chi connectivity index (χ3n) is 8.02. The minimum atomic E-state index is -0.400. The van der Waals surface area contributed by atoms with Crippen LogP contribution in [0, 0.1) is 27.7 Å². The van der Waals surface area contributed by atoms with Crippen molar-refractivity contribution in [3.8, 4) is 16.9 Å². The van der Waals surface area contributed by atoms with E-state index in [9.17, 15) is 9.59 Å². The van der Waals surface area contributed by atoms with E-state index in [1.54, 1.807) is 12.1 Å². The number of esters is 1. The number of aryl methyl sites for hydroxylation is 5. The van der Waals surface area contributed by atoms with E-state index in [1.165, 1.54) is 7.11 Å². The summed E-state index contributed by atoms with van der Waals surface area (Å²) in [4.78, 5) is 29.0. The van der Waals surface area contributed by atoms with Crippen LogP contribution in [0.5, 0.6) is 5.75 Å². The third-order valence-corrected chi connectivity index (χ3v) is 8.62. The molecule has 0 aliphatic heterocycles. The van der Waals surface area contributed by atoms with E-state index < -0.39 is 5.97 Å². The number of aromatic amines is 1. The summed E-state index contributed by atoms with van der Waals surface area (Å²) in [6, 6.07) is 17.0. The number of methoxy groups -OCH3 is 1. The lowest BCUT2D eigenvalue weighted by molar-refractivity contribution is 0.0600. The lowest BCUT2D eigenvalue weighted by Crippen LogP contribution is -2.24. The molecule has 228 valence electrons. The first-order valence-electron chi connectivity index (χ1n) is 14.6. The van der Waals surface area contributed by atoms with Gasteiger partial charge in [0.15, 0.2) is 0 Å². The van der Waals surface area contributed by atoms with Gasteiger partial charge in [0.2, 0.25) is 0 Å². The molecule has 0 spiro atoms. The highest BCUT2D eigenvalue weighted by Gasteiger charge is 2.22. The molecule has 0 saturated heterocycles. The number of hydrogen-bond donors (Lipinski definition) is 2. The van der Waals surface area contributed by atoms with Crippen LogP contribution in [0.1, 0.15) is 60.9 Å². The van der Waals surface area contributed by atoms with Gasteiger partial charge in [-0.3, -0.25) is 9.48 Å². The van der Waals surface area contributed by atoms with Gasteiger partial charge in [-0.25, -0.2) is 4.79 Å². The Labute approximate surface area is 262 Å². The van der Waals surface area contributed by atoms with Gasteiger partial charge in [-0.15, -0.1) is 0 Å². The molecule has 0 atom stereocenters. The highest BCUT2D eigenvalue weighted by atomic mass is 35.5. The summed E-state index contributed by atoms with van der Waals surface area (Å²) in [6.07, 6.45) is 1.34. The maximum Gasteiger partial charge on any atom is 0.337 e. The molecule has 5 aromatic rings. The Bertz CT molecular complexity index is 1830. The monoisotopic (exact) mass is 612 g/mol. The number of benzene rings is 3. The number of amides is 1. The zero-order valence-electron chi connectivity index (χ0n) is 25.9. The number of nitrogens with zero attached hydrogens (tertiary/aromatic N) is 2. The van der Waals surface area contributed by atoms with E-state index in [-0.39, 0.29) is 5.91 Å². The molecule has 2 N–H and O–H groups in total. The highest BCUT2D eigenvalue weighted by Crippen LogP contribution is 2.35. The van der Waals surface area contributed by atoms with Crippen LogP contribution in [0.3, 0.4) is 0 Å². The molecule has 2 aromatic heterocycles. The van der Waals surface area contributed by atoms with E-state index in [0.29, 0.717) is 37.3 Å². The molecule has 8 nitrogen and oxygen atoms in total. The van der Waals surface area contributed by atoms with Crippen molar-refractivity contribution in [2.75, 3.05) is 13.7 Å². The van der Waals surface area contributed by atoms with Gasteiger partial charge in [0, 0.05) is 40.8 Å². The first-order chi connectivity index (χ1) is 21.1. The summed E-state index contributed by atoms with van der Waals surface area (Å²) in [5.41, 5.74) is 9.69. The third kappa shape index (κ3) is 6.21. The van der Waals surface area contributed by atoms with Crippen molar-refractivity contribution < 1.29 is 19.1 Å². The van der Waals surface area contributed by atoms with Gasteiger partial charge in [-0.1, -0.05) is 41.9 Å². The maximum absolute atomic E-state index is 13.7. The summed E-state index contributed by atoms with van der Waals surface area (Å²) in [6.45, 7) is 8.78. The van der Waals surface area contributed by atoms with Crippen molar-refractivity contribution in [1.82, 2.24) is 20.1 Å². The number of rotatable bonds is 10. The average molecular weight is 613 g/mol. The lowest BCUT2D eigenvalue weighted by Gasteiger charge is -2.11. The fourth-order valence-corrected chi connectivity index (χ4v) is 5.78. The molecule has 1 amide bonds. The molecular formula is C35H37ClN4O4. The number of hydrogen-bond acceptors (Lipinski definition) is 5. The predicted molar refractivity (Wildman–Crippen MR) is 174 cm³/mol. The number of ether oxygens (including phenoxy) is 2. The summed E-state index contributed by atoms with van der Waals surface area (Å²) in [7, 11) is 3.29. The van der Waals surface area contributed by atoms with Crippen LogP contribution in [0.4, 0.5) is 0 Å². The van der Waals surface area contributed by atoms with Crippen LogP contribution in [-0.4, -0.2) is 40.4 Å². The fraction of sp³-hybridized carbons (Fsp3) is 0.286. The quantitative estimate of drug-likeness (QED) is 0.129. The largest absolute Gasteiger partial charge is 0.494 e. The molecule has 0 fully saturated rings. The van der Waals surface area contributed by atoms with Crippen molar-refractivity contribution >= 4 is 34.4 Å². The van der Waals surface area contributed by atoms with E-state index >= 15 is 0 Å². The van der Waals surface area contributed by atoms with Crippen molar-refractivity contribution in [2.45, 2.75) is 47.1 Å². The van der Waals surface area contributed by atoms with Crippen molar-refractivity contribution in [3.63, 3.8) is 0 Å². The van der Waals surface area contributed by atoms with Gasteiger partial charge in [0.25, 0.3) is 5.91 Å². The second kappa shape index (κ2) is 13.0. The number of H-pyrrole nitrogens is 1. The molecule has 5 rings (SSSR count). The van der Waals surface area contributed by atoms with Gasteiger partial charge in [0.05, 0.1) is 30.5 Å². The maximum atomic E-state index is 13.7. The zero-order chi connectivity index (χ0) is 31.5. The Hall–Kier alpha value is -4.56. The summed E-state index contributed by atoms with van der Waals surface area (Å²) in [5.74, 6) is 0.177. The molecule has 0 bridgehead atoms. The zero-order valence-corrected chi connectivity index (χ0v) is 26.7. The molecule has 0 aliphatic carbocycles. The number of fused-ring (bicyclic) bond motifs is 1. The van der Waals surface area contributed by atoms with Crippen LogP contribution in [0.2, 0.25) is 5.02 Å². The number of para-hydroxylation sites is 1. The van der Waals surface area contributed by atoms with Gasteiger partial charge in [-0.05, 0) is 87.1 Å². The van der Waals surface area contributed by atoms with Crippen LogP contribution < -0.4 is 10.1 Å². The van der Waals surface area contributed by atoms with Crippen LogP contribution in [0.25, 0.3) is 22.0 Å². The average Bonchev–Trinajstić information content (AvgIpc) is 3.51. The normalized spacial score (nSPS) is 11.2. The van der Waals surface area contributed by atoms with Gasteiger partial charge < -0.3 is 19.8 Å². The smallest absolute Gasteiger partial charge is 0.337 e. The molecule has 3 aromatic carbocycles. The van der Waals surface area contributed by atoms with Crippen LogP contribution in [-0.2, 0) is 24.8 Å². The standard InChI is InChI=1S/C35H37ClN4O4/c1-20-17-26(18-21(2)31(20)36)44-16-8-11-28-27-9-7-10-29(30-22(3)39-40(5)23(30)4)32(27)38-33(28)34(41)37-19-24-12-14-25(15-13-24)35(42)43-6/h7,9-10,12-15,17-18,38H,8,11,16,19H2,1-6H3,(H,37,41). The van der Waals surface area contributed by atoms with Gasteiger partial charge >= 0.3 is 5.97 Å².